The van der Waals surface area contributed by atoms with E-state index in [0.717, 1.165) is 54.6 Å². The summed E-state index contributed by atoms with van der Waals surface area (Å²) in [5.41, 5.74) is 5.03. The normalized spacial score (nSPS) is 17.0. The van der Waals surface area contributed by atoms with Crippen LogP contribution in [0.2, 0.25) is 0 Å². The highest BCUT2D eigenvalue weighted by atomic mass is 16.5. The zero-order valence-corrected chi connectivity index (χ0v) is 17.6. The third-order valence-corrected chi connectivity index (χ3v) is 6.00. The van der Waals surface area contributed by atoms with Crippen molar-refractivity contribution >= 4 is 11.0 Å². The highest BCUT2D eigenvalue weighted by Crippen LogP contribution is 2.33. The van der Waals surface area contributed by atoms with Crippen molar-refractivity contribution in [3.05, 3.63) is 75.1 Å². The van der Waals surface area contributed by atoms with E-state index in [2.05, 4.69) is 50.2 Å². The first-order valence-electron chi connectivity index (χ1n) is 10.7. The van der Waals surface area contributed by atoms with Gasteiger partial charge in [-0.3, -0.25) is 4.90 Å². The number of hydrogen-bond acceptors (Lipinski definition) is 3. The maximum absolute atomic E-state index is 12.1. The van der Waals surface area contributed by atoms with E-state index >= 15 is 0 Å². The number of aryl methyl sites for hydroxylation is 2. The van der Waals surface area contributed by atoms with Crippen molar-refractivity contribution in [2.75, 3.05) is 13.3 Å². The van der Waals surface area contributed by atoms with E-state index in [0.29, 0.717) is 18.2 Å². The number of benzene rings is 2. The second-order valence-electron chi connectivity index (χ2n) is 8.29. The minimum atomic E-state index is -0.272. The van der Waals surface area contributed by atoms with Gasteiger partial charge in [0.15, 0.2) is 0 Å². The van der Waals surface area contributed by atoms with Crippen molar-refractivity contribution in [2.45, 2.75) is 52.5 Å². The molecule has 0 saturated heterocycles. The summed E-state index contributed by atoms with van der Waals surface area (Å²) in [6, 6.07) is 14.5. The van der Waals surface area contributed by atoms with Crippen LogP contribution >= 0.6 is 0 Å². The molecule has 29 heavy (non-hydrogen) atoms. The lowest BCUT2D eigenvalue weighted by Gasteiger charge is -2.29. The second-order valence-corrected chi connectivity index (χ2v) is 8.29. The molecule has 3 aromatic rings. The van der Waals surface area contributed by atoms with Crippen LogP contribution in [-0.4, -0.2) is 13.3 Å². The highest BCUT2D eigenvalue weighted by Gasteiger charge is 2.26. The first kappa shape index (κ1) is 19.7. The van der Waals surface area contributed by atoms with Crippen LogP contribution < -0.4 is 15.3 Å². The van der Waals surface area contributed by atoms with Crippen LogP contribution in [0.4, 0.5) is 0 Å². The van der Waals surface area contributed by atoms with Crippen LogP contribution in [0.1, 0.15) is 54.9 Å². The summed E-state index contributed by atoms with van der Waals surface area (Å²) in [7, 11) is 0. The molecular formula is C25H30NO3+. The molecule has 0 saturated carbocycles. The first-order valence-corrected chi connectivity index (χ1v) is 10.7. The number of quaternary nitrogens is 1. The Morgan fingerprint density at radius 2 is 1.97 bits per heavy atom. The molecule has 1 unspecified atom stereocenters. The summed E-state index contributed by atoms with van der Waals surface area (Å²) in [4.78, 5) is 13.5. The smallest absolute Gasteiger partial charge is 0.336 e. The molecule has 4 nitrogen and oxygen atoms in total. The van der Waals surface area contributed by atoms with Gasteiger partial charge in [0.25, 0.3) is 0 Å². The summed E-state index contributed by atoms with van der Waals surface area (Å²) in [5.74, 6) is 1.36. The summed E-state index contributed by atoms with van der Waals surface area (Å²) >= 11 is 0. The Morgan fingerprint density at radius 1 is 1.17 bits per heavy atom. The monoisotopic (exact) mass is 392 g/mol. The maximum atomic E-state index is 12.1. The van der Waals surface area contributed by atoms with Crippen molar-refractivity contribution in [3.8, 4) is 5.75 Å². The number of rotatable bonds is 6. The molecule has 2 atom stereocenters. The highest BCUT2D eigenvalue weighted by molar-refractivity contribution is 5.86. The minimum Gasteiger partial charge on any atom is -0.444 e. The Bertz CT molecular complexity index is 1060. The van der Waals surface area contributed by atoms with Gasteiger partial charge in [-0.1, -0.05) is 50.6 Å². The van der Waals surface area contributed by atoms with Gasteiger partial charge in [0.2, 0.25) is 6.73 Å². The fraction of sp³-hybridized carbons (Fsp3) is 0.400. The summed E-state index contributed by atoms with van der Waals surface area (Å²) in [6.45, 7) is 9.04. The molecule has 1 aliphatic rings. The zero-order chi connectivity index (χ0) is 20.4. The van der Waals surface area contributed by atoms with Gasteiger partial charge in [-0.25, -0.2) is 4.79 Å². The first-order chi connectivity index (χ1) is 14.1. The quantitative estimate of drug-likeness (QED) is 0.645. The predicted octanol–water partition coefficient (Wildman–Crippen LogP) is 3.98. The minimum absolute atomic E-state index is 0.272. The molecule has 0 aliphatic carbocycles. The molecule has 2 aromatic carbocycles. The lowest BCUT2D eigenvalue weighted by atomic mass is 9.97. The Morgan fingerprint density at radius 3 is 2.72 bits per heavy atom. The number of unbranched alkanes of at least 4 members (excludes halogenated alkanes) is 1. The van der Waals surface area contributed by atoms with Crippen LogP contribution in [-0.2, 0) is 13.0 Å². The molecule has 0 amide bonds. The Kier molecular flexibility index (Phi) is 5.72. The molecule has 1 aromatic heterocycles. The largest absolute Gasteiger partial charge is 0.444 e. The Labute approximate surface area is 172 Å². The molecule has 1 aliphatic heterocycles. The van der Waals surface area contributed by atoms with E-state index in [1.807, 2.05) is 6.92 Å². The average Bonchev–Trinajstić information content (AvgIpc) is 2.73. The molecule has 0 bridgehead atoms. The van der Waals surface area contributed by atoms with Gasteiger partial charge in [-0.2, -0.15) is 0 Å². The van der Waals surface area contributed by atoms with Crippen LogP contribution in [0.15, 0.2) is 51.7 Å². The van der Waals surface area contributed by atoms with Crippen molar-refractivity contribution in [2.24, 2.45) is 0 Å². The van der Waals surface area contributed by atoms with E-state index < -0.39 is 0 Å². The van der Waals surface area contributed by atoms with Crippen molar-refractivity contribution in [1.29, 1.82) is 0 Å². The third-order valence-electron chi connectivity index (χ3n) is 6.00. The Hall–Kier alpha value is -2.59. The lowest BCUT2D eigenvalue weighted by molar-refractivity contribution is -0.933. The van der Waals surface area contributed by atoms with Gasteiger partial charge in [-0.15, -0.1) is 0 Å². The number of ether oxygens (including phenoxy) is 1. The molecule has 0 spiro atoms. The second kappa shape index (κ2) is 8.42. The van der Waals surface area contributed by atoms with Crippen molar-refractivity contribution < 1.29 is 14.1 Å². The van der Waals surface area contributed by atoms with Crippen LogP contribution in [0, 0.1) is 6.92 Å². The van der Waals surface area contributed by atoms with Gasteiger partial charge >= 0.3 is 5.63 Å². The van der Waals surface area contributed by atoms with Crippen LogP contribution in [0.3, 0.4) is 0 Å². The molecule has 0 radical (unpaired) electrons. The predicted molar refractivity (Wildman–Crippen MR) is 116 cm³/mol. The molecule has 4 heteroatoms. The standard InChI is InChI=1S/C25H29NO3/c1-4-5-9-20-13-23(27)29-25-18(3)24-21(12-22(20)25)15-26(16-28-24)14-17(2)19-10-7-6-8-11-19/h6-8,10-13,17H,4-5,9,14-16H2,1-3H3/p+1/t17-/m1/s1. The third kappa shape index (κ3) is 4.08. The molecule has 1 N–H and O–H groups in total. The summed E-state index contributed by atoms with van der Waals surface area (Å²) in [5, 5.41) is 1.07. The van der Waals surface area contributed by atoms with E-state index in [9.17, 15) is 4.79 Å². The molecular weight excluding hydrogens is 362 g/mol. The number of hydrogen-bond donors (Lipinski definition) is 1. The number of nitrogens with one attached hydrogen (secondary N) is 1. The fourth-order valence-corrected chi connectivity index (χ4v) is 4.44. The SMILES string of the molecule is CCCCc1cc(=O)oc2c(C)c3c(cc12)C[NH+](C[C@@H](C)c1ccccc1)CO3. The zero-order valence-electron chi connectivity index (χ0n) is 17.6. The summed E-state index contributed by atoms with van der Waals surface area (Å²) < 4.78 is 11.8. The molecule has 2 heterocycles. The van der Waals surface area contributed by atoms with Crippen LogP contribution in [0.5, 0.6) is 5.75 Å². The van der Waals surface area contributed by atoms with E-state index in [1.165, 1.54) is 16.0 Å². The van der Waals surface area contributed by atoms with Crippen LogP contribution in [0.25, 0.3) is 11.0 Å². The average molecular weight is 393 g/mol. The molecule has 0 fully saturated rings. The molecule has 152 valence electrons. The topological polar surface area (TPSA) is 43.9 Å². The van der Waals surface area contributed by atoms with E-state index in [1.54, 1.807) is 6.07 Å². The van der Waals surface area contributed by atoms with Crippen molar-refractivity contribution in [1.82, 2.24) is 0 Å². The summed E-state index contributed by atoms with van der Waals surface area (Å²) in [6.07, 6.45) is 3.07. The molecule has 4 rings (SSSR count). The van der Waals surface area contributed by atoms with Crippen molar-refractivity contribution in [3.63, 3.8) is 0 Å². The fourth-order valence-electron chi connectivity index (χ4n) is 4.44. The van der Waals surface area contributed by atoms with E-state index in [-0.39, 0.29) is 5.63 Å². The number of fused-ring (bicyclic) bond motifs is 2. The van der Waals surface area contributed by atoms with Gasteiger partial charge in [-0.05, 0) is 37.0 Å². The Balaban J connectivity index is 1.64. The van der Waals surface area contributed by atoms with Gasteiger partial charge in [0, 0.05) is 28.5 Å². The van der Waals surface area contributed by atoms with Gasteiger partial charge in [0.1, 0.15) is 17.9 Å². The lowest BCUT2D eigenvalue weighted by Crippen LogP contribution is -3.12. The maximum Gasteiger partial charge on any atom is 0.336 e. The van der Waals surface area contributed by atoms with Gasteiger partial charge in [0.05, 0.1) is 6.54 Å². The van der Waals surface area contributed by atoms with Gasteiger partial charge < -0.3 is 9.15 Å². The van der Waals surface area contributed by atoms with E-state index in [4.69, 9.17) is 9.15 Å².